The fourth-order valence-corrected chi connectivity index (χ4v) is 3.45. The Hall–Kier alpha value is -3.14. The van der Waals surface area contributed by atoms with Gasteiger partial charge in [-0.1, -0.05) is 6.07 Å². The topological polar surface area (TPSA) is 186 Å². The minimum atomic E-state index is -4.71. The molecule has 0 saturated heterocycles. The average Bonchev–Trinajstić information content (AvgIpc) is 2.80. The summed E-state index contributed by atoms with van der Waals surface area (Å²) in [7, 11) is 0.139. The van der Waals surface area contributed by atoms with Crippen molar-refractivity contribution in [2.45, 2.75) is 11.4 Å². The average molecular weight is 505 g/mol. The van der Waals surface area contributed by atoms with Gasteiger partial charge in [0.1, 0.15) is 0 Å². The molecule has 1 aromatic heterocycles. The van der Waals surface area contributed by atoms with Crippen LogP contribution in [0.1, 0.15) is 15.9 Å². The van der Waals surface area contributed by atoms with Crippen LogP contribution in [0.5, 0.6) is 11.8 Å². The molecule has 0 bridgehead atoms. The number of sulfonamides is 1. The van der Waals surface area contributed by atoms with Gasteiger partial charge in [0.05, 0.1) is 45.0 Å². The third-order valence-corrected chi connectivity index (χ3v) is 5.17. The number of carbonyl (C=O) groups excluding carboxylic acids is 3. The van der Waals surface area contributed by atoms with E-state index in [1.165, 1.54) is 26.4 Å². The van der Waals surface area contributed by atoms with Gasteiger partial charge in [0.15, 0.2) is 12.0 Å². The molecule has 0 aliphatic rings. The van der Waals surface area contributed by atoms with Gasteiger partial charge in [-0.2, -0.15) is 9.97 Å². The SMILES string of the molecule is COC(=O)NCc1ccc(C(=O)OC)c(S(=O)(=O)[N-]C(=O)Nc2nc(OC)cc(OC)n2)c1.[Na+]. The Morgan fingerprint density at radius 2 is 1.59 bits per heavy atom. The number of alkyl carbamates (subject to hydrolysis) is 1. The van der Waals surface area contributed by atoms with E-state index in [4.69, 9.17) is 9.47 Å². The van der Waals surface area contributed by atoms with Gasteiger partial charge in [0.25, 0.3) is 0 Å². The predicted octanol–water partition coefficient (Wildman–Crippen LogP) is -1.57. The molecule has 16 heteroatoms. The normalized spacial score (nSPS) is 10.2. The van der Waals surface area contributed by atoms with Crippen LogP contribution in [0.3, 0.4) is 0 Å². The van der Waals surface area contributed by atoms with Crippen LogP contribution in [-0.2, 0) is 26.0 Å². The summed E-state index contributed by atoms with van der Waals surface area (Å²) in [5.41, 5.74) is -0.0849. The number of esters is 1. The van der Waals surface area contributed by atoms with Crippen LogP contribution in [0.4, 0.5) is 15.5 Å². The zero-order valence-electron chi connectivity index (χ0n) is 18.9. The van der Waals surface area contributed by atoms with E-state index >= 15 is 0 Å². The van der Waals surface area contributed by atoms with E-state index in [0.717, 1.165) is 26.4 Å². The third kappa shape index (κ3) is 7.72. The molecule has 3 amide bonds. The summed E-state index contributed by atoms with van der Waals surface area (Å²) in [5, 5.41) is 4.45. The molecule has 1 heterocycles. The zero-order chi connectivity index (χ0) is 24.6. The second-order valence-corrected chi connectivity index (χ2v) is 7.51. The molecule has 0 unspecified atom stereocenters. The number of nitrogens with one attached hydrogen (secondary N) is 2. The first-order valence-corrected chi connectivity index (χ1v) is 10.4. The Balaban J connectivity index is 0.00000578. The second-order valence-electron chi connectivity index (χ2n) is 5.94. The number of methoxy groups -OCH3 is 4. The number of benzene rings is 1. The number of hydrogen-bond acceptors (Lipinski definition) is 11. The number of hydrogen-bond donors (Lipinski definition) is 2. The van der Waals surface area contributed by atoms with Crippen LogP contribution in [-0.4, -0.2) is 64.9 Å². The maximum atomic E-state index is 12.8. The Labute approximate surface area is 217 Å². The van der Waals surface area contributed by atoms with Crippen LogP contribution >= 0.6 is 0 Å². The van der Waals surface area contributed by atoms with Gasteiger partial charge < -0.3 is 34.3 Å². The number of urea groups is 1. The molecule has 0 aliphatic heterocycles. The maximum Gasteiger partial charge on any atom is 1.00 e. The van der Waals surface area contributed by atoms with Gasteiger partial charge in [-0.15, -0.1) is 0 Å². The van der Waals surface area contributed by atoms with Crippen LogP contribution in [0.2, 0.25) is 0 Å². The van der Waals surface area contributed by atoms with Crippen LogP contribution in [0, 0.1) is 0 Å². The van der Waals surface area contributed by atoms with E-state index in [2.05, 4.69) is 34.8 Å². The van der Waals surface area contributed by atoms with Gasteiger partial charge in [0.2, 0.25) is 21.8 Å². The number of nitrogens with zero attached hydrogens (tertiary/aromatic N) is 3. The fraction of sp³-hybridized carbons (Fsp3) is 0.278. The van der Waals surface area contributed by atoms with Crippen molar-refractivity contribution in [1.82, 2.24) is 15.3 Å². The van der Waals surface area contributed by atoms with Crippen molar-refractivity contribution in [1.29, 1.82) is 0 Å². The third-order valence-electron chi connectivity index (χ3n) is 3.87. The van der Waals surface area contributed by atoms with Crippen molar-refractivity contribution < 1.29 is 71.3 Å². The molecule has 0 aliphatic carbocycles. The summed E-state index contributed by atoms with van der Waals surface area (Å²) in [6.45, 7) is -0.125. The molecular formula is C18H20N5NaO9S. The van der Waals surface area contributed by atoms with Gasteiger partial charge in [-0.3, -0.25) is 4.79 Å². The predicted molar refractivity (Wildman–Crippen MR) is 112 cm³/mol. The number of amides is 3. The Kier molecular flexibility index (Phi) is 11.0. The fourth-order valence-electron chi connectivity index (χ4n) is 2.36. The molecule has 0 saturated carbocycles. The molecule has 1 aromatic carbocycles. The summed E-state index contributed by atoms with van der Waals surface area (Å²) in [4.78, 5) is 42.7. The molecule has 34 heavy (non-hydrogen) atoms. The van der Waals surface area contributed by atoms with Crippen molar-refractivity contribution in [3.63, 3.8) is 0 Å². The first-order valence-electron chi connectivity index (χ1n) is 8.92. The molecule has 0 fully saturated rings. The van der Waals surface area contributed by atoms with Crippen molar-refractivity contribution in [2.75, 3.05) is 33.8 Å². The van der Waals surface area contributed by atoms with E-state index in [1.807, 2.05) is 0 Å². The molecular weight excluding hydrogens is 485 g/mol. The van der Waals surface area contributed by atoms with Gasteiger partial charge >= 0.3 is 41.6 Å². The van der Waals surface area contributed by atoms with E-state index in [9.17, 15) is 22.8 Å². The van der Waals surface area contributed by atoms with E-state index < -0.39 is 33.0 Å². The van der Waals surface area contributed by atoms with Gasteiger partial charge in [-0.25, -0.2) is 18.0 Å². The zero-order valence-corrected chi connectivity index (χ0v) is 21.8. The monoisotopic (exact) mass is 505 g/mol. The quantitative estimate of drug-likeness (QED) is 0.312. The smallest absolute Gasteiger partial charge is 0.481 e. The number of ether oxygens (including phenoxy) is 4. The van der Waals surface area contributed by atoms with Crippen LogP contribution in [0.25, 0.3) is 4.72 Å². The largest absolute Gasteiger partial charge is 1.00 e. The standard InChI is InChI=1S/C18H21N5O9S.Na/c1-29-13-8-14(30-2)21-16(20-13)22-17(25)23-33(27,28)12-7-10(9-19-18(26)32-4)5-6-11(12)15(24)31-3;/h5-8H,9H2,1-4H3,(H3,19,20,21,22,23,25,26);/q;+1/p-1. The summed E-state index contributed by atoms with van der Waals surface area (Å²) in [6, 6.07) is 3.60. The molecule has 2 N–H and O–H groups in total. The maximum absolute atomic E-state index is 12.8. The van der Waals surface area contributed by atoms with E-state index in [1.54, 1.807) is 0 Å². The van der Waals surface area contributed by atoms with Crippen LogP contribution < -0.4 is 49.7 Å². The molecule has 2 rings (SSSR count). The minimum Gasteiger partial charge on any atom is -0.481 e. The summed E-state index contributed by atoms with van der Waals surface area (Å²) in [6.07, 6.45) is -0.755. The molecule has 0 spiro atoms. The molecule has 0 atom stereocenters. The molecule has 178 valence electrons. The molecule has 0 radical (unpaired) electrons. The summed E-state index contributed by atoms with van der Waals surface area (Å²) in [5.74, 6) is -1.23. The van der Waals surface area contributed by atoms with Crippen LogP contribution in [0.15, 0.2) is 29.2 Å². The van der Waals surface area contributed by atoms with Crippen molar-refractivity contribution in [3.05, 3.63) is 40.1 Å². The Bertz CT molecular complexity index is 1140. The Morgan fingerprint density at radius 1 is 0.971 bits per heavy atom. The molecule has 14 nitrogen and oxygen atoms in total. The summed E-state index contributed by atoms with van der Waals surface area (Å²) >= 11 is 0. The summed E-state index contributed by atoms with van der Waals surface area (Å²) < 4.78 is 47.7. The van der Waals surface area contributed by atoms with E-state index in [0.29, 0.717) is 0 Å². The van der Waals surface area contributed by atoms with Crippen molar-refractivity contribution >= 4 is 34.1 Å². The van der Waals surface area contributed by atoms with Crippen molar-refractivity contribution in [3.8, 4) is 11.8 Å². The van der Waals surface area contributed by atoms with Crippen molar-refractivity contribution in [2.24, 2.45) is 0 Å². The number of anilines is 1. The Morgan fingerprint density at radius 3 is 2.12 bits per heavy atom. The van der Waals surface area contributed by atoms with Gasteiger partial charge in [-0.05, 0) is 17.7 Å². The molecule has 2 aromatic rings. The van der Waals surface area contributed by atoms with Gasteiger partial charge in [0, 0.05) is 6.54 Å². The second kappa shape index (κ2) is 12.9. The number of carbonyl (C=O) groups is 3. The van der Waals surface area contributed by atoms with E-state index in [-0.39, 0.29) is 64.9 Å². The minimum absolute atomic E-state index is 0. The number of rotatable bonds is 8. The first kappa shape index (κ1) is 28.9. The first-order chi connectivity index (χ1) is 15.6. The number of aromatic nitrogens is 2.